The number of H-pyrrole nitrogens is 1. The molecule has 0 aliphatic heterocycles. The van der Waals surface area contributed by atoms with Gasteiger partial charge in [0, 0.05) is 10.0 Å². The molecule has 19 heavy (non-hydrogen) atoms. The third-order valence-electron chi connectivity index (χ3n) is 2.90. The van der Waals surface area contributed by atoms with Crippen LogP contribution in [-0.2, 0) is 6.61 Å². The van der Waals surface area contributed by atoms with E-state index in [9.17, 15) is 9.50 Å². The van der Waals surface area contributed by atoms with Crippen LogP contribution in [0.2, 0.25) is 0 Å². The van der Waals surface area contributed by atoms with Gasteiger partial charge in [-0.15, -0.1) is 0 Å². The van der Waals surface area contributed by atoms with Crippen molar-refractivity contribution in [2.45, 2.75) is 6.61 Å². The lowest BCUT2D eigenvalue weighted by atomic mass is 10.2. The zero-order chi connectivity index (χ0) is 13.4. The van der Waals surface area contributed by atoms with Gasteiger partial charge >= 0.3 is 0 Å². The number of fused-ring (bicyclic) bond motifs is 1. The first-order chi connectivity index (χ1) is 9.17. The van der Waals surface area contributed by atoms with Crippen molar-refractivity contribution in [3.05, 3.63) is 52.3 Å². The minimum absolute atomic E-state index is 0.0283. The van der Waals surface area contributed by atoms with Crippen LogP contribution in [0.25, 0.3) is 22.4 Å². The molecule has 3 aromatic rings. The molecule has 0 atom stereocenters. The smallest absolute Gasteiger partial charge is 0.138 e. The maximum Gasteiger partial charge on any atom is 0.138 e. The molecule has 0 spiro atoms. The molecule has 1 aromatic heterocycles. The summed E-state index contributed by atoms with van der Waals surface area (Å²) < 4.78 is 13.7. The van der Waals surface area contributed by atoms with Crippen LogP contribution in [0.3, 0.4) is 0 Å². The molecular formula is C14H10BrFN2O. The first kappa shape index (κ1) is 12.3. The quantitative estimate of drug-likeness (QED) is 0.757. The Morgan fingerprint density at radius 2 is 1.95 bits per heavy atom. The first-order valence-electron chi connectivity index (χ1n) is 5.72. The molecule has 5 heteroatoms. The van der Waals surface area contributed by atoms with E-state index in [1.165, 1.54) is 12.1 Å². The van der Waals surface area contributed by atoms with Gasteiger partial charge in [-0.25, -0.2) is 9.37 Å². The maximum absolute atomic E-state index is 12.9. The Balaban J connectivity index is 2.16. The summed E-state index contributed by atoms with van der Waals surface area (Å²) in [5.41, 5.74) is 3.23. The van der Waals surface area contributed by atoms with Crippen molar-refractivity contribution < 1.29 is 9.50 Å². The van der Waals surface area contributed by atoms with Crippen molar-refractivity contribution in [3.8, 4) is 11.4 Å². The first-order valence-corrected chi connectivity index (χ1v) is 6.51. The monoisotopic (exact) mass is 320 g/mol. The molecule has 0 radical (unpaired) electrons. The molecule has 0 aliphatic carbocycles. The normalized spacial score (nSPS) is 11.1. The molecular weight excluding hydrogens is 311 g/mol. The van der Waals surface area contributed by atoms with Gasteiger partial charge < -0.3 is 10.1 Å². The summed E-state index contributed by atoms with van der Waals surface area (Å²) in [5.74, 6) is 0.398. The van der Waals surface area contributed by atoms with E-state index in [2.05, 4.69) is 25.9 Å². The average molecular weight is 321 g/mol. The lowest BCUT2D eigenvalue weighted by Crippen LogP contribution is -1.83. The number of hydrogen-bond donors (Lipinski definition) is 2. The molecule has 0 fully saturated rings. The Morgan fingerprint density at radius 1 is 1.21 bits per heavy atom. The summed E-state index contributed by atoms with van der Waals surface area (Å²) in [4.78, 5) is 7.65. The Morgan fingerprint density at radius 3 is 2.63 bits per heavy atom. The Labute approximate surface area is 117 Å². The summed E-state index contributed by atoms with van der Waals surface area (Å²) in [6, 6.07) is 9.83. The molecule has 1 heterocycles. The Bertz CT molecular complexity index is 737. The highest BCUT2D eigenvalue weighted by molar-refractivity contribution is 9.10. The van der Waals surface area contributed by atoms with Crippen LogP contribution in [-0.4, -0.2) is 15.1 Å². The van der Waals surface area contributed by atoms with Crippen LogP contribution in [0.5, 0.6) is 0 Å². The second-order valence-electron chi connectivity index (χ2n) is 4.22. The fourth-order valence-electron chi connectivity index (χ4n) is 1.97. The number of rotatable bonds is 2. The highest BCUT2D eigenvalue weighted by Crippen LogP contribution is 2.27. The predicted molar refractivity (Wildman–Crippen MR) is 75.1 cm³/mol. The standard InChI is InChI=1S/C14H10BrFN2O/c15-11-5-8(7-19)6-12-13(11)18-14(17-12)9-1-3-10(16)4-2-9/h1-6,19H,7H2,(H,17,18). The van der Waals surface area contributed by atoms with E-state index in [1.807, 2.05) is 12.1 Å². The second-order valence-corrected chi connectivity index (χ2v) is 5.08. The number of benzene rings is 2. The van der Waals surface area contributed by atoms with E-state index < -0.39 is 0 Å². The van der Waals surface area contributed by atoms with Crippen molar-refractivity contribution in [1.29, 1.82) is 0 Å². The Kier molecular flexibility index (Phi) is 3.08. The number of imidazole rings is 1. The number of nitrogens with zero attached hydrogens (tertiary/aromatic N) is 1. The van der Waals surface area contributed by atoms with E-state index in [1.54, 1.807) is 12.1 Å². The van der Waals surface area contributed by atoms with Gasteiger partial charge in [-0.05, 0) is 57.9 Å². The molecule has 3 rings (SSSR count). The maximum atomic E-state index is 12.9. The molecule has 0 unspecified atom stereocenters. The second kappa shape index (κ2) is 4.75. The van der Waals surface area contributed by atoms with Gasteiger partial charge in [0.05, 0.1) is 12.1 Å². The van der Waals surface area contributed by atoms with Crippen LogP contribution < -0.4 is 0 Å². The lowest BCUT2D eigenvalue weighted by molar-refractivity contribution is 0.282. The molecule has 0 saturated carbocycles. The number of aliphatic hydroxyl groups excluding tert-OH is 1. The molecule has 2 aromatic carbocycles. The number of aromatic amines is 1. The van der Waals surface area contributed by atoms with E-state index >= 15 is 0 Å². The molecule has 96 valence electrons. The predicted octanol–water partition coefficient (Wildman–Crippen LogP) is 3.62. The van der Waals surface area contributed by atoms with Crippen molar-refractivity contribution >= 4 is 27.0 Å². The van der Waals surface area contributed by atoms with Crippen LogP contribution in [0.1, 0.15) is 5.56 Å². The van der Waals surface area contributed by atoms with Crippen LogP contribution in [0.4, 0.5) is 4.39 Å². The number of hydrogen-bond acceptors (Lipinski definition) is 2. The number of nitrogens with one attached hydrogen (secondary N) is 1. The zero-order valence-electron chi connectivity index (χ0n) is 9.82. The van der Waals surface area contributed by atoms with Crippen LogP contribution in [0.15, 0.2) is 40.9 Å². The van der Waals surface area contributed by atoms with Crippen molar-refractivity contribution in [2.75, 3.05) is 0 Å². The van der Waals surface area contributed by atoms with Crippen molar-refractivity contribution in [3.63, 3.8) is 0 Å². The average Bonchev–Trinajstić information content (AvgIpc) is 2.84. The highest BCUT2D eigenvalue weighted by atomic mass is 79.9. The zero-order valence-corrected chi connectivity index (χ0v) is 11.4. The molecule has 2 N–H and O–H groups in total. The Hall–Kier alpha value is -1.72. The largest absolute Gasteiger partial charge is 0.392 e. The SMILES string of the molecule is OCc1cc(Br)c2nc(-c3ccc(F)cc3)[nH]c2c1. The minimum Gasteiger partial charge on any atom is -0.392 e. The van der Waals surface area contributed by atoms with Crippen LogP contribution >= 0.6 is 15.9 Å². The van der Waals surface area contributed by atoms with E-state index in [-0.39, 0.29) is 12.4 Å². The van der Waals surface area contributed by atoms with Crippen molar-refractivity contribution in [2.24, 2.45) is 0 Å². The van der Waals surface area contributed by atoms with Gasteiger partial charge in [0.25, 0.3) is 0 Å². The fourth-order valence-corrected chi connectivity index (χ4v) is 2.56. The molecule has 0 aliphatic rings. The summed E-state index contributed by atoms with van der Waals surface area (Å²) >= 11 is 3.43. The van der Waals surface area contributed by atoms with Gasteiger partial charge in [0.1, 0.15) is 17.2 Å². The van der Waals surface area contributed by atoms with E-state index in [0.717, 1.165) is 26.6 Å². The van der Waals surface area contributed by atoms with Gasteiger partial charge in [-0.2, -0.15) is 0 Å². The van der Waals surface area contributed by atoms with Gasteiger partial charge in [-0.1, -0.05) is 0 Å². The topological polar surface area (TPSA) is 48.9 Å². The molecule has 0 bridgehead atoms. The number of halogens is 2. The number of aromatic nitrogens is 2. The summed E-state index contributed by atoms with van der Waals surface area (Å²) in [5, 5.41) is 9.18. The third kappa shape index (κ3) is 2.27. The molecule has 0 saturated heterocycles. The fraction of sp³-hybridized carbons (Fsp3) is 0.0714. The summed E-state index contributed by atoms with van der Waals surface area (Å²) in [6.07, 6.45) is 0. The third-order valence-corrected chi connectivity index (χ3v) is 3.50. The summed E-state index contributed by atoms with van der Waals surface area (Å²) in [6.45, 7) is -0.0283. The van der Waals surface area contributed by atoms with Gasteiger partial charge in [0.15, 0.2) is 0 Å². The van der Waals surface area contributed by atoms with E-state index in [4.69, 9.17) is 0 Å². The summed E-state index contributed by atoms with van der Waals surface area (Å²) in [7, 11) is 0. The van der Waals surface area contributed by atoms with Gasteiger partial charge in [0.2, 0.25) is 0 Å². The number of aliphatic hydroxyl groups is 1. The molecule has 3 nitrogen and oxygen atoms in total. The molecule has 0 amide bonds. The van der Waals surface area contributed by atoms with Crippen LogP contribution in [0, 0.1) is 5.82 Å². The van der Waals surface area contributed by atoms with E-state index in [0.29, 0.717) is 5.82 Å². The lowest BCUT2D eigenvalue weighted by Gasteiger charge is -1.97. The van der Waals surface area contributed by atoms with Gasteiger partial charge in [-0.3, -0.25) is 0 Å². The van der Waals surface area contributed by atoms with Crippen molar-refractivity contribution in [1.82, 2.24) is 9.97 Å². The highest BCUT2D eigenvalue weighted by Gasteiger charge is 2.09. The minimum atomic E-state index is -0.274.